The van der Waals surface area contributed by atoms with Gasteiger partial charge in [0.25, 0.3) is 5.56 Å². The van der Waals surface area contributed by atoms with Crippen molar-refractivity contribution in [2.24, 2.45) is 0 Å². The normalized spacial score (nSPS) is 11.0. The number of carbonyl (C=O) groups excluding carboxylic acids is 1. The first kappa shape index (κ1) is 17.6. The lowest BCUT2D eigenvalue weighted by Gasteiger charge is -2.11. The van der Waals surface area contributed by atoms with Crippen molar-refractivity contribution in [2.45, 2.75) is 5.16 Å². The monoisotopic (exact) mass is 396 g/mol. The summed E-state index contributed by atoms with van der Waals surface area (Å²) in [4.78, 5) is 30.5. The SMILES string of the molecule is O=C(CSc1nc2sccc2c(=O)n1-c1ccccc1)c1ccccc1F. The molecule has 7 heteroatoms. The molecule has 4 nitrogen and oxygen atoms in total. The molecule has 0 aliphatic carbocycles. The zero-order valence-corrected chi connectivity index (χ0v) is 15.6. The number of thiophene rings is 1. The maximum atomic E-state index is 13.8. The van der Waals surface area contributed by atoms with Crippen molar-refractivity contribution in [1.82, 2.24) is 9.55 Å². The molecule has 0 radical (unpaired) electrons. The second-order valence-corrected chi connectivity index (χ2v) is 7.54. The Hall–Kier alpha value is -2.77. The molecule has 0 fully saturated rings. The third-order valence-electron chi connectivity index (χ3n) is 3.99. The molecule has 0 amide bonds. The number of fused-ring (bicyclic) bond motifs is 1. The largest absolute Gasteiger partial charge is 0.293 e. The van der Waals surface area contributed by atoms with Gasteiger partial charge in [-0.2, -0.15) is 0 Å². The van der Waals surface area contributed by atoms with Gasteiger partial charge >= 0.3 is 0 Å². The molecular formula is C20H13FN2O2S2. The highest BCUT2D eigenvalue weighted by Gasteiger charge is 2.17. The van der Waals surface area contributed by atoms with E-state index in [0.717, 1.165) is 11.8 Å². The van der Waals surface area contributed by atoms with Crippen LogP contribution in [0.4, 0.5) is 4.39 Å². The predicted molar refractivity (Wildman–Crippen MR) is 107 cm³/mol. The van der Waals surface area contributed by atoms with Gasteiger partial charge in [0.1, 0.15) is 10.6 Å². The van der Waals surface area contributed by atoms with Gasteiger partial charge in [-0.15, -0.1) is 11.3 Å². The zero-order valence-electron chi connectivity index (χ0n) is 14.0. The van der Waals surface area contributed by atoms with Gasteiger partial charge in [0.2, 0.25) is 0 Å². The zero-order chi connectivity index (χ0) is 18.8. The second-order valence-electron chi connectivity index (χ2n) is 5.70. The number of para-hydroxylation sites is 1. The number of ketones is 1. The molecule has 27 heavy (non-hydrogen) atoms. The Morgan fingerprint density at radius 2 is 1.81 bits per heavy atom. The fourth-order valence-electron chi connectivity index (χ4n) is 2.69. The van der Waals surface area contributed by atoms with Crippen molar-refractivity contribution in [3.63, 3.8) is 0 Å². The Bertz CT molecular complexity index is 1190. The minimum atomic E-state index is -0.551. The van der Waals surface area contributed by atoms with Crippen molar-refractivity contribution in [1.29, 1.82) is 0 Å². The number of nitrogens with zero attached hydrogens (tertiary/aromatic N) is 2. The Morgan fingerprint density at radius 1 is 1.07 bits per heavy atom. The summed E-state index contributed by atoms with van der Waals surface area (Å²) < 4.78 is 15.3. The van der Waals surface area contributed by atoms with Crippen LogP contribution < -0.4 is 5.56 Å². The summed E-state index contributed by atoms with van der Waals surface area (Å²) in [5.74, 6) is -0.916. The van der Waals surface area contributed by atoms with E-state index in [0.29, 0.717) is 21.1 Å². The Morgan fingerprint density at radius 3 is 2.59 bits per heavy atom. The molecule has 0 spiro atoms. The average molecular weight is 396 g/mol. The van der Waals surface area contributed by atoms with Crippen molar-refractivity contribution < 1.29 is 9.18 Å². The van der Waals surface area contributed by atoms with Crippen molar-refractivity contribution in [2.75, 3.05) is 5.75 Å². The summed E-state index contributed by atoms with van der Waals surface area (Å²) in [6.45, 7) is 0. The molecule has 0 aliphatic rings. The lowest BCUT2D eigenvalue weighted by molar-refractivity contribution is 0.101. The molecule has 2 aromatic carbocycles. The number of rotatable bonds is 5. The van der Waals surface area contributed by atoms with Crippen molar-refractivity contribution in [3.8, 4) is 5.69 Å². The smallest absolute Gasteiger partial charge is 0.267 e. The quantitative estimate of drug-likeness (QED) is 0.282. The van der Waals surface area contributed by atoms with Gasteiger partial charge in [0.05, 0.1) is 22.4 Å². The first-order valence-corrected chi connectivity index (χ1v) is 9.98. The molecule has 2 aromatic heterocycles. The highest BCUT2D eigenvalue weighted by molar-refractivity contribution is 7.99. The van der Waals surface area contributed by atoms with Crippen LogP contribution in [0.5, 0.6) is 0 Å². The number of benzene rings is 2. The van der Waals surface area contributed by atoms with E-state index >= 15 is 0 Å². The van der Waals surface area contributed by atoms with Crippen LogP contribution in [0.15, 0.2) is 76.0 Å². The molecule has 0 aliphatic heterocycles. The summed E-state index contributed by atoms with van der Waals surface area (Å²) in [6.07, 6.45) is 0. The topological polar surface area (TPSA) is 52.0 Å². The molecule has 0 bridgehead atoms. The molecule has 0 saturated heterocycles. The molecule has 0 N–H and O–H groups in total. The highest BCUT2D eigenvalue weighted by atomic mass is 32.2. The van der Waals surface area contributed by atoms with E-state index in [1.807, 2.05) is 35.7 Å². The van der Waals surface area contributed by atoms with Crippen LogP contribution in [-0.2, 0) is 0 Å². The lowest BCUT2D eigenvalue weighted by atomic mass is 10.1. The molecule has 4 rings (SSSR count). The molecular weight excluding hydrogens is 383 g/mol. The van der Waals surface area contributed by atoms with E-state index in [9.17, 15) is 14.0 Å². The third kappa shape index (κ3) is 3.43. The van der Waals surface area contributed by atoms with Gasteiger partial charge < -0.3 is 0 Å². The van der Waals surface area contributed by atoms with Crippen LogP contribution in [0.1, 0.15) is 10.4 Å². The molecule has 0 atom stereocenters. The van der Waals surface area contributed by atoms with Gasteiger partial charge in [-0.25, -0.2) is 9.37 Å². The summed E-state index contributed by atoms with van der Waals surface area (Å²) in [7, 11) is 0. The maximum Gasteiger partial charge on any atom is 0.267 e. The number of Topliss-reactive ketones (excluding diaryl/α,β-unsaturated/α-hetero) is 1. The summed E-state index contributed by atoms with van der Waals surface area (Å²) in [6, 6.07) is 16.8. The van der Waals surface area contributed by atoms with Crippen LogP contribution in [0.3, 0.4) is 0 Å². The van der Waals surface area contributed by atoms with Crippen LogP contribution >= 0.6 is 23.1 Å². The number of aromatic nitrogens is 2. The lowest BCUT2D eigenvalue weighted by Crippen LogP contribution is -2.21. The fourth-order valence-corrected chi connectivity index (χ4v) is 4.39. The van der Waals surface area contributed by atoms with E-state index < -0.39 is 5.82 Å². The van der Waals surface area contributed by atoms with Crippen molar-refractivity contribution >= 4 is 39.1 Å². The average Bonchev–Trinajstić information content (AvgIpc) is 3.16. The molecule has 0 saturated carbocycles. The van der Waals surface area contributed by atoms with Gasteiger partial charge in [0.15, 0.2) is 10.9 Å². The minimum Gasteiger partial charge on any atom is -0.293 e. The summed E-state index contributed by atoms with van der Waals surface area (Å²) in [5, 5.41) is 2.76. The number of halogens is 1. The van der Waals surface area contributed by atoms with E-state index in [4.69, 9.17) is 0 Å². The second kappa shape index (κ2) is 7.46. The van der Waals surface area contributed by atoms with E-state index in [1.165, 1.54) is 28.0 Å². The predicted octanol–water partition coefficient (Wildman–Crippen LogP) is 4.56. The van der Waals surface area contributed by atoms with Gasteiger partial charge in [-0.05, 0) is 35.7 Å². The number of hydrogen-bond donors (Lipinski definition) is 0. The van der Waals surface area contributed by atoms with Gasteiger partial charge in [-0.3, -0.25) is 14.2 Å². The van der Waals surface area contributed by atoms with Gasteiger partial charge in [0, 0.05) is 0 Å². The first-order valence-electron chi connectivity index (χ1n) is 8.11. The highest BCUT2D eigenvalue weighted by Crippen LogP contribution is 2.24. The van der Waals surface area contributed by atoms with Crippen molar-refractivity contribution in [3.05, 3.63) is 87.8 Å². The minimum absolute atomic E-state index is 0.0168. The summed E-state index contributed by atoms with van der Waals surface area (Å²) in [5.41, 5.74) is 0.521. The summed E-state index contributed by atoms with van der Waals surface area (Å²) >= 11 is 2.50. The third-order valence-corrected chi connectivity index (χ3v) is 5.73. The van der Waals surface area contributed by atoms with Crippen LogP contribution in [0, 0.1) is 5.82 Å². The number of thioether (sulfide) groups is 1. The van der Waals surface area contributed by atoms with Crippen LogP contribution in [0.25, 0.3) is 15.9 Å². The fraction of sp³-hybridized carbons (Fsp3) is 0.0500. The Balaban J connectivity index is 1.74. The Kier molecular flexibility index (Phi) is 4.87. The van der Waals surface area contributed by atoms with Crippen LogP contribution in [0.2, 0.25) is 0 Å². The Labute approximate surface area is 162 Å². The van der Waals surface area contributed by atoms with Crippen LogP contribution in [-0.4, -0.2) is 21.1 Å². The molecule has 2 heterocycles. The number of hydrogen-bond acceptors (Lipinski definition) is 5. The molecule has 4 aromatic rings. The van der Waals surface area contributed by atoms with Gasteiger partial charge in [-0.1, -0.05) is 42.1 Å². The van der Waals surface area contributed by atoms with E-state index in [2.05, 4.69) is 4.98 Å². The van der Waals surface area contributed by atoms with E-state index in [-0.39, 0.29) is 22.7 Å². The molecule has 0 unspecified atom stereocenters. The van der Waals surface area contributed by atoms with E-state index in [1.54, 1.807) is 18.2 Å². The number of carbonyl (C=O) groups is 1. The molecule has 134 valence electrons. The maximum absolute atomic E-state index is 13.8. The first-order chi connectivity index (χ1) is 13.1. The standard InChI is InChI=1S/C20H13FN2O2S2/c21-16-9-5-4-8-14(16)17(24)12-27-20-22-18-15(10-11-26-18)19(25)23(20)13-6-2-1-3-7-13/h1-11H,12H2.